The van der Waals surface area contributed by atoms with Crippen molar-refractivity contribution in [1.82, 2.24) is 19.6 Å². The van der Waals surface area contributed by atoms with Gasteiger partial charge in [0.15, 0.2) is 9.84 Å². The van der Waals surface area contributed by atoms with Crippen LogP contribution in [0.2, 0.25) is 0 Å². The van der Waals surface area contributed by atoms with Crippen LogP contribution in [0.25, 0.3) is 0 Å². The first-order valence-corrected chi connectivity index (χ1v) is 10.3. The van der Waals surface area contributed by atoms with Crippen LogP contribution in [0.4, 0.5) is 0 Å². The Morgan fingerprint density at radius 1 is 1.42 bits per heavy atom. The first-order valence-electron chi connectivity index (χ1n) is 8.12. The van der Waals surface area contributed by atoms with Crippen LogP contribution in [0, 0.1) is 13.8 Å². The van der Waals surface area contributed by atoms with Gasteiger partial charge in [0, 0.05) is 17.8 Å². The summed E-state index contributed by atoms with van der Waals surface area (Å²) in [6.07, 6.45) is 0.652. The summed E-state index contributed by atoms with van der Waals surface area (Å²) in [6, 6.07) is -0.0349. The molecule has 7 nitrogen and oxygen atoms in total. The first-order chi connectivity index (χ1) is 11.3. The lowest BCUT2D eigenvalue weighted by molar-refractivity contribution is 0.227. The van der Waals surface area contributed by atoms with Crippen molar-refractivity contribution in [1.29, 1.82) is 0 Å². The second kappa shape index (κ2) is 6.61. The summed E-state index contributed by atoms with van der Waals surface area (Å²) in [4.78, 5) is 4.21. The van der Waals surface area contributed by atoms with Crippen LogP contribution in [0.15, 0.2) is 0 Å². The molecule has 1 aromatic rings. The Kier molecular flexibility index (Phi) is 4.85. The van der Waals surface area contributed by atoms with Gasteiger partial charge in [-0.05, 0) is 39.5 Å². The van der Waals surface area contributed by atoms with E-state index in [4.69, 9.17) is 17.0 Å². The summed E-state index contributed by atoms with van der Waals surface area (Å²) in [5, 5.41) is 5.18. The van der Waals surface area contributed by atoms with Crippen LogP contribution < -0.4 is 0 Å². The standard InChI is InChI=1S/C15H24N4O3S2/c1-11-14(8-17(3)10-18-5-6-22-15(18)23)12(2)19(16-11)13-4-7-24(20,21)9-13/h13H,4-10H2,1-3H3/t13-/m0/s1. The number of thiocarbonyl (C=S) groups is 1. The van der Waals surface area contributed by atoms with E-state index >= 15 is 0 Å². The van der Waals surface area contributed by atoms with Crippen LogP contribution in [0.3, 0.4) is 0 Å². The summed E-state index contributed by atoms with van der Waals surface area (Å²) >= 11 is 5.18. The minimum Gasteiger partial charge on any atom is -0.469 e. The molecule has 1 aromatic heterocycles. The molecule has 9 heteroatoms. The molecule has 0 unspecified atom stereocenters. The van der Waals surface area contributed by atoms with Crippen molar-refractivity contribution < 1.29 is 13.2 Å². The maximum atomic E-state index is 11.7. The zero-order valence-electron chi connectivity index (χ0n) is 14.4. The molecule has 24 heavy (non-hydrogen) atoms. The fraction of sp³-hybridized carbons (Fsp3) is 0.733. The highest BCUT2D eigenvalue weighted by molar-refractivity contribution is 7.91. The predicted octanol–water partition coefficient (Wildman–Crippen LogP) is 0.866. The minimum absolute atomic E-state index is 0.0349. The summed E-state index contributed by atoms with van der Waals surface area (Å²) in [7, 11) is -0.876. The molecule has 134 valence electrons. The van der Waals surface area contributed by atoms with Crippen LogP contribution >= 0.6 is 12.2 Å². The predicted molar refractivity (Wildman–Crippen MR) is 95.6 cm³/mol. The van der Waals surface area contributed by atoms with Gasteiger partial charge in [0.2, 0.25) is 0 Å². The van der Waals surface area contributed by atoms with E-state index in [0.29, 0.717) is 24.9 Å². The molecular formula is C15H24N4O3S2. The molecule has 0 radical (unpaired) electrons. The largest absolute Gasteiger partial charge is 0.469 e. The second-order valence-corrected chi connectivity index (χ2v) is 9.26. The lowest BCUT2D eigenvalue weighted by Gasteiger charge is -2.23. The third-order valence-corrected chi connectivity index (χ3v) is 6.84. The van der Waals surface area contributed by atoms with E-state index in [-0.39, 0.29) is 17.5 Å². The normalized spacial score (nSPS) is 23.2. The van der Waals surface area contributed by atoms with E-state index in [2.05, 4.69) is 10.00 Å². The summed E-state index contributed by atoms with van der Waals surface area (Å²) in [5.41, 5.74) is 3.18. The summed E-state index contributed by atoms with van der Waals surface area (Å²) in [6.45, 7) is 6.94. The molecule has 2 aliphatic heterocycles. The van der Waals surface area contributed by atoms with Crippen LogP contribution in [-0.2, 0) is 21.1 Å². The Morgan fingerprint density at radius 2 is 2.17 bits per heavy atom. The molecule has 2 aliphatic rings. The second-order valence-electron chi connectivity index (χ2n) is 6.68. The smallest absolute Gasteiger partial charge is 0.260 e. The van der Waals surface area contributed by atoms with Gasteiger partial charge in [-0.1, -0.05) is 0 Å². The zero-order valence-corrected chi connectivity index (χ0v) is 16.0. The van der Waals surface area contributed by atoms with E-state index in [1.54, 1.807) is 0 Å². The molecule has 3 heterocycles. The minimum atomic E-state index is -2.92. The third-order valence-electron chi connectivity index (χ3n) is 4.71. The number of aromatic nitrogens is 2. The van der Waals surface area contributed by atoms with Gasteiger partial charge >= 0.3 is 0 Å². The number of aryl methyl sites for hydroxylation is 1. The molecule has 0 aliphatic carbocycles. The molecule has 0 aromatic carbocycles. The van der Waals surface area contributed by atoms with Crippen molar-refractivity contribution in [3.05, 3.63) is 17.0 Å². The maximum Gasteiger partial charge on any atom is 0.260 e. The average molecular weight is 373 g/mol. The van der Waals surface area contributed by atoms with Gasteiger partial charge in [0.25, 0.3) is 5.17 Å². The van der Waals surface area contributed by atoms with Crippen LogP contribution in [0.1, 0.15) is 29.4 Å². The third kappa shape index (κ3) is 3.57. The highest BCUT2D eigenvalue weighted by atomic mass is 32.2. The number of rotatable bonds is 5. The van der Waals surface area contributed by atoms with Gasteiger partial charge in [-0.15, -0.1) is 0 Å². The zero-order chi connectivity index (χ0) is 17.5. The van der Waals surface area contributed by atoms with Gasteiger partial charge in [0.1, 0.15) is 6.61 Å². The fourth-order valence-corrected chi connectivity index (χ4v) is 5.34. The van der Waals surface area contributed by atoms with E-state index < -0.39 is 9.84 Å². The highest BCUT2D eigenvalue weighted by Gasteiger charge is 2.31. The molecule has 2 fully saturated rings. The molecule has 0 spiro atoms. The van der Waals surface area contributed by atoms with Gasteiger partial charge in [-0.3, -0.25) is 9.58 Å². The molecule has 0 bridgehead atoms. The first kappa shape index (κ1) is 17.6. The number of nitrogens with zero attached hydrogens (tertiary/aromatic N) is 4. The molecule has 1 atom stereocenters. The van der Waals surface area contributed by atoms with E-state index in [1.807, 2.05) is 30.5 Å². The van der Waals surface area contributed by atoms with Crippen molar-refractivity contribution in [2.45, 2.75) is 32.9 Å². The quantitative estimate of drug-likeness (QED) is 0.710. The highest BCUT2D eigenvalue weighted by Crippen LogP contribution is 2.27. The van der Waals surface area contributed by atoms with E-state index in [0.717, 1.165) is 30.0 Å². The SMILES string of the molecule is Cc1nn([C@H]2CCS(=O)(=O)C2)c(C)c1CN(C)CN1CCOC1=S. The number of hydrogen-bond acceptors (Lipinski definition) is 6. The molecule has 0 amide bonds. The molecule has 0 saturated carbocycles. The summed E-state index contributed by atoms with van der Waals surface area (Å²) in [5.74, 6) is 0.460. The van der Waals surface area contributed by atoms with Crippen molar-refractivity contribution >= 4 is 27.2 Å². The molecule has 2 saturated heterocycles. The van der Waals surface area contributed by atoms with Crippen molar-refractivity contribution in [2.24, 2.45) is 0 Å². The monoisotopic (exact) mass is 372 g/mol. The molecule has 0 N–H and O–H groups in total. The van der Waals surface area contributed by atoms with Crippen molar-refractivity contribution in [3.63, 3.8) is 0 Å². The Labute approximate surface area is 148 Å². The Hall–Kier alpha value is -1.19. The average Bonchev–Trinajstić information content (AvgIpc) is 3.14. The van der Waals surface area contributed by atoms with Gasteiger partial charge in [-0.25, -0.2) is 8.42 Å². The van der Waals surface area contributed by atoms with Crippen molar-refractivity contribution in [3.8, 4) is 0 Å². The topological polar surface area (TPSA) is 67.7 Å². The van der Waals surface area contributed by atoms with E-state index in [1.165, 1.54) is 0 Å². The Balaban J connectivity index is 1.71. The Morgan fingerprint density at radius 3 is 2.75 bits per heavy atom. The Bertz CT molecular complexity index is 744. The van der Waals surface area contributed by atoms with E-state index in [9.17, 15) is 8.42 Å². The lowest BCUT2D eigenvalue weighted by atomic mass is 10.2. The summed E-state index contributed by atoms with van der Waals surface area (Å²) < 4.78 is 30.7. The molecule has 3 rings (SSSR count). The maximum absolute atomic E-state index is 11.7. The van der Waals surface area contributed by atoms with Gasteiger partial charge in [-0.2, -0.15) is 5.10 Å². The fourth-order valence-electron chi connectivity index (χ4n) is 3.42. The van der Waals surface area contributed by atoms with Gasteiger partial charge < -0.3 is 9.64 Å². The number of sulfone groups is 1. The van der Waals surface area contributed by atoms with Crippen LogP contribution in [0.5, 0.6) is 0 Å². The number of hydrogen-bond donors (Lipinski definition) is 0. The van der Waals surface area contributed by atoms with Crippen LogP contribution in [-0.4, -0.2) is 71.5 Å². The number of ether oxygens (including phenoxy) is 1. The van der Waals surface area contributed by atoms with Crippen molar-refractivity contribution in [2.75, 3.05) is 38.4 Å². The van der Waals surface area contributed by atoms with Gasteiger partial charge in [0.05, 0.1) is 36.5 Å². The molecular weight excluding hydrogens is 348 g/mol. The lowest BCUT2D eigenvalue weighted by Crippen LogP contribution is -2.36.